The maximum absolute atomic E-state index is 10.4. The number of nitroso groups, excluding NO2 is 1. The molecule has 2 rings (SSSR count). The summed E-state index contributed by atoms with van der Waals surface area (Å²) in [5.74, 6) is -1.08. The molecule has 1 aromatic carbocycles. The molecule has 0 radical (unpaired) electrons. The summed E-state index contributed by atoms with van der Waals surface area (Å²) in [6, 6.07) is 4.70. The van der Waals surface area contributed by atoms with Crippen molar-refractivity contribution in [2.24, 2.45) is 22.4 Å². The van der Waals surface area contributed by atoms with Crippen LogP contribution in [0.5, 0.6) is 11.5 Å². The van der Waals surface area contributed by atoms with E-state index in [1.165, 1.54) is 6.07 Å². The molecule has 0 aliphatic carbocycles. The molecule has 0 bridgehead atoms. The monoisotopic (exact) mass is 210 g/mol. The van der Waals surface area contributed by atoms with E-state index in [1.807, 2.05) is 0 Å². The van der Waals surface area contributed by atoms with E-state index in [-0.39, 0.29) is 11.4 Å². The molecule has 80 valence electrons. The number of rotatable bonds is 2. The SMILES string of the molecule is NC(N)(N)C1Oc2cccc(N=O)c2O1. The van der Waals surface area contributed by atoms with Gasteiger partial charge in [0.2, 0.25) is 0 Å². The molecular weight excluding hydrogens is 200 g/mol. The summed E-state index contributed by atoms with van der Waals surface area (Å²) < 4.78 is 10.4. The van der Waals surface area contributed by atoms with Gasteiger partial charge in [0.25, 0.3) is 6.29 Å². The van der Waals surface area contributed by atoms with Crippen molar-refractivity contribution in [3.05, 3.63) is 23.1 Å². The smallest absolute Gasteiger partial charge is 0.286 e. The maximum atomic E-state index is 10.4. The van der Waals surface area contributed by atoms with E-state index in [4.69, 9.17) is 26.7 Å². The molecule has 15 heavy (non-hydrogen) atoms. The largest absolute Gasteiger partial charge is 0.446 e. The van der Waals surface area contributed by atoms with Gasteiger partial charge >= 0.3 is 0 Å². The van der Waals surface area contributed by atoms with Crippen molar-refractivity contribution in [2.45, 2.75) is 12.1 Å². The highest BCUT2D eigenvalue weighted by molar-refractivity contribution is 5.60. The molecule has 0 aromatic heterocycles. The lowest BCUT2D eigenvalue weighted by molar-refractivity contribution is -0.0159. The average Bonchev–Trinajstić information content (AvgIpc) is 2.59. The Hall–Kier alpha value is -1.70. The molecule has 0 spiro atoms. The van der Waals surface area contributed by atoms with Crippen LogP contribution in [-0.2, 0) is 0 Å². The van der Waals surface area contributed by atoms with Crippen molar-refractivity contribution in [2.75, 3.05) is 0 Å². The second-order valence-corrected chi connectivity index (χ2v) is 3.26. The molecule has 7 heteroatoms. The molecule has 1 aromatic rings. The molecule has 0 saturated heterocycles. The fourth-order valence-corrected chi connectivity index (χ4v) is 1.24. The average molecular weight is 210 g/mol. The van der Waals surface area contributed by atoms with Gasteiger partial charge in [-0.15, -0.1) is 4.91 Å². The van der Waals surface area contributed by atoms with Gasteiger partial charge in [0, 0.05) is 0 Å². The lowest BCUT2D eigenvalue weighted by Crippen LogP contribution is -2.68. The molecule has 6 N–H and O–H groups in total. The molecule has 0 fully saturated rings. The molecule has 1 heterocycles. The van der Waals surface area contributed by atoms with Gasteiger partial charge < -0.3 is 9.47 Å². The Balaban J connectivity index is 2.35. The van der Waals surface area contributed by atoms with E-state index in [1.54, 1.807) is 12.1 Å². The van der Waals surface area contributed by atoms with Crippen LogP contribution in [0, 0.1) is 4.91 Å². The van der Waals surface area contributed by atoms with Gasteiger partial charge in [0.1, 0.15) is 0 Å². The Morgan fingerprint density at radius 1 is 1.27 bits per heavy atom. The minimum absolute atomic E-state index is 0.124. The quantitative estimate of drug-likeness (QED) is 0.455. The van der Waals surface area contributed by atoms with Gasteiger partial charge in [-0.05, 0) is 17.3 Å². The Morgan fingerprint density at radius 3 is 2.60 bits per heavy atom. The minimum Gasteiger partial charge on any atom is -0.446 e. The fraction of sp³-hybridized carbons (Fsp3) is 0.250. The Bertz CT molecular complexity index is 401. The summed E-state index contributed by atoms with van der Waals surface area (Å²) in [7, 11) is 0. The van der Waals surface area contributed by atoms with E-state index in [0.717, 1.165) is 0 Å². The first-order valence-corrected chi connectivity index (χ1v) is 4.18. The van der Waals surface area contributed by atoms with Gasteiger partial charge in [-0.25, -0.2) is 0 Å². The van der Waals surface area contributed by atoms with Crippen LogP contribution < -0.4 is 26.7 Å². The van der Waals surface area contributed by atoms with Gasteiger partial charge in [-0.2, -0.15) is 0 Å². The van der Waals surface area contributed by atoms with E-state index in [0.29, 0.717) is 5.75 Å². The van der Waals surface area contributed by atoms with Crippen molar-refractivity contribution in [3.63, 3.8) is 0 Å². The summed E-state index contributed by atoms with van der Waals surface area (Å²) >= 11 is 0. The molecular formula is C8H10N4O3. The fourth-order valence-electron chi connectivity index (χ4n) is 1.24. The second kappa shape index (κ2) is 3.16. The summed E-state index contributed by atoms with van der Waals surface area (Å²) in [5, 5.41) is 2.78. The normalized spacial score (nSPS) is 19.0. The standard InChI is InChI=1S/C8H10N4O3/c9-8(10,11)7-14-5-3-1-2-4(12-13)6(5)15-7/h1-3,7H,9-11H2. The van der Waals surface area contributed by atoms with Crippen LogP contribution in [0.3, 0.4) is 0 Å². The third-order valence-electron chi connectivity index (χ3n) is 1.92. The first-order valence-electron chi connectivity index (χ1n) is 4.18. The predicted octanol–water partition coefficient (Wildman–Crippen LogP) is -0.288. The van der Waals surface area contributed by atoms with E-state index in [9.17, 15) is 4.91 Å². The summed E-state index contributed by atoms with van der Waals surface area (Å²) in [6.45, 7) is 0. The zero-order valence-corrected chi connectivity index (χ0v) is 7.71. The number of nitrogens with two attached hydrogens (primary N) is 3. The van der Waals surface area contributed by atoms with Crippen molar-refractivity contribution >= 4 is 5.69 Å². The highest BCUT2D eigenvalue weighted by Gasteiger charge is 2.38. The first-order chi connectivity index (χ1) is 7.02. The number of benzene rings is 1. The topological polar surface area (TPSA) is 126 Å². The second-order valence-electron chi connectivity index (χ2n) is 3.26. The Labute approximate surface area is 85.1 Å². The summed E-state index contributed by atoms with van der Waals surface area (Å²) in [6.07, 6.45) is -1.03. The van der Waals surface area contributed by atoms with E-state index < -0.39 is 12.1 Å². The van der Waals surface area contributed by atoms with Crippen molar-refractivity contribution in [1.82, 2.24) is 0 Å². The van der Waals surface area contributed by atoms with Crippen LogP contribution in [0.1, 0.15) is 0 Å². The Morgan fingerprint density at radius 2 is 2.00 bits per heavy atom. The van der Waals surface area contributed by atoms with Crippen LogP contribution in [0.15, 0.2) is 23.4 Å². The van der Waals surface area contributed by atoms with Crippen LogP contribution in [0.25, 0.3) is 0 Å². The number of fused-ring (bicyclic) bond motifs is 1. The first kappa shape index (κ1) is 9.84. The summed E-state index contributed by atoms with van der Waals surface area (Å²) in [4.78, 5) is 10.4. The highest BCUT2D eigenvalue weighted by Crippen LogP contribution is 2.42. The number of nitrogens with zero attached hydrogens (tertiary/aromatic N) is 1. The molecule has 0 saturated carbocycles. The number of ether oxygens (including phenoxy) is 2. The Kier molecular flexibility index (Phi) is 2.07. The number of para-hydroxylation sites is 1. The predicted molar refractivity (Wildman–Crippen MR) is 52.2 cm³/mol. The van der Waals surface area contributed by atoms with Crippen LogP contribution >= 0.6 is 0 Å². The third-order valence-corrected chi connectivity index (χ3v) is 1.92. The summed E-state index contributed by atoms with van der Waals surface area (Å²) in [5.41, 5.74) is 16.3. The van der Waals surface area contributed by atoms with Crippen LogP contribution in [0.2, 0.25) is 0 Å². The number of hydrogen-bond donors (Lipinski definition) is 3. The van der Waals surface area contributed by atoms with Gasteiger partial charge in [-0.1, -0.05) is 6.07 Å². The van der Waals surface area contributed by atoms with Crippen molar-refractivity contribution in [1.29, 1.82) is 0 Å². The lowest BCUT2D eigenvalue weighted by Gasteiger charge is -2.23. The molecule has 1 unspecified atom stereocenters. The van der Waals surface area contributed by atoms with E-state index in [2.05, 4.69) is 5.18 Å². The zero-order valence-electron chi connectivity index (χ0n) is 7.71. The highest BCUT2D eigenvalue weighted by atomic mass is 16.7. The zero-order chi connectivity index (χ0) is 11.1. The molecule has 1 atom stereocenters. The van der Waals surface area contributed by atoms with Crippen LogP contribution in [-0.4, -0.2) is 12.1 Å². The van der Waals surface area contributed by atoms with Crippen molar-refractivity contribution in [3.8, 4) is 11.5 Å². The van der Waals surface area contributed by atoms with Gasteiger partial charge in [0.05, 0.1) is 0 Å². The minimum atomic E-state index is -1.64. The van der Waals surface area contributed by atoms with Gasteiger partial charge in [-0.3, -0.25) is 17.2 Å². The van der Waals surface area contributed by atoms with Crippen molar-refractivity contribution < 1.29 is 9.47 Å². The van der Waals surface area contributed by atoms with E-state index >= 15 is 0 Å². The molecule has 0 amide bonds. The van der Waals surface area contributed by atoms with Crippen LogP contribution in [0.4, 0.5) is 5.69 Å². The maximum Gasteiger partial charge on any atom is 0.286 e. The molecule has 7 nitrogen and oxygen atoms in total. The lowest BCUT2D eigenvalue weighted by atomic mass is 10.3. The number of hydrogen-bond acceptors (Lipinski definition) is 7. The third kappa shape index (κ3) is 1.63. The molecule has 1 aliphatic heterocycles. The molecule has 1 aliphatic rings. The van der Waals surface area contributed by atoms with Gasteiger partial charge in [0.15, 0.2) is 23.0 Å².